The highest BCUT2D eigenvalue weighted by molar-refractivity contribution is 5.83. The molecule has 0 aromatic rings. The third kappa shape index (κ3) is 14.3. The monoisotopic (exact) mass is 360 g/mol. The Labute approximate surface area is 149 Å². The molecule has 25 heavy (non-hydrogen) atoms. The van der Waals surface area contributed by atoms with Crippen LogP contribution in [0.1, 0.15) is 58.3 Å². The van der Waals surface area contributed by atoms with Gasteiger partial charge in [0.05, 0.1) is 6.54 Å². The first-order valence-electron chi connectivity index (χ1n) is 8.90. The lowest BCUT2D eigenvalue weighted by Crippen LogP contribution is -2.32. The number of hydrogen-bond acceptors (Lipinski definition) is 6. The molecule has 0 aliphatic rings. The molecule has 0 rings (SSSR count). The fourth-order valence-corrected chi connectivity index (χ4v) is 2.10. The number of hydrogen-bond donors (Lipinski definition) is 5. The molecule has 9 heteroatoms. The quantitative estimate of drug-likeness (QED) is 0.165. The number of unbranched alkanes of at least 4 members (excludes halogenated alkanes) is 4. The van der Waals surface area contributed by atoms with Crippen LogP contribution in [0.3, 0.4) is 0 Å². The Kier molecular flexibility index (Phi) is 14.7. The van der Waals surface area contributed by atoms with E-state index in [9.17, 15) is 19.6 Å². The van der Waals surface area contributed by atoms with Gasteiger partial charge in [-0.2, -0.15) is 0 Å². The summed E-state index contributed by atoms with van der Waals surface area (Å²) in [6, 6.07) is 0. The van der Waals surface area contributed by atoms with E-state index in [1.807, 2.05) is 0 Å². The predicted molar refractivity (Wildman–Crippen MR) is 91.9 cm³/mol. The molecule has 0 aromatic carbocycles. The minimum atomic E-state index is -0.499. The zero-order chi connectivity index (χ0) is 18.9. The maximum atomic E-state index is 11.7. The van der Waals surface area contributed by atoms with Crippen LogP contribution in [0.2, 0.25) is 0 Å². The fraction of sp³-hybridized carbons (Fsp3) is 0.812. The normalized spacial score (nSPS) is 10.4. The first-order valence-corrected chi connectivity index (χ1v) is 8.90. The Hall–Kier alpha value is -1.71. The molecular formula is C16H32N4O5. The van der Waals surface area contributed by atoms with Gasteiger partial charge in [-0.3, -0.25) is 24.8 Å². The van der Waals surface area contributed by atoms with Crippen molar-refractivity contribution < 1.29 is 24.8 Å². The molecule has 0 saturated carbocycles. The number of nitrogens with one attached hydrogen (secondary N) is 3. The second-order valence-corrected chi connectivity index (χ2v) is 5.85. The van der Waals surface area contributed by atoms with Gasteiger partial charge in [-0.15, -0.1) is 0 Å². The van der Waals surface area contributed by atoms with Crippen LogP contribution < -0.4 is 16.1 Å². The van der Waals surface area contributed by atoms with Gasteiger partial charge in [0.2, 0.25) is 11.8 Å². The third-order valence-corrected chi connectivity index (χ3v) is 3.59. The summed E-state index contributed by atoms with van der Waals surface area (Å²) in [7, 11) is 0. The largest absolute Gasteiger partial charge is 0.356 e. The highest BCUT2D eigenvalue weighted by Gasteiger charge is 2.12. The van der Waals surface area contributed by atoms with E-state index >= 15 is 0 Å². The van der Waals surface area contributed by atoms with Crippen LogP contribution in [-0.4, -0.2) is 59.4 Å². The maximum absolute atomic E-state index is 11.7. The van der Waals surface area contributed by atoms with Crippen LogP contribution in [0.5, 0.6) is 0 Å². The fourth-order valence-electron chi connectivity index (χ4n) is 2.10. The highest BCUT2D eigenvalue weighted by atomic mass is 16.5. The van der Waals surface area contributed by atoms with Crippen molar-refractivity contribution in [2.24, 2.45) is 0 Å². The zero-order valence-electron chi connectivity index (χ0n) is 15.1. The average molecular weight is 360 g/mol. The van der Waals surface area contributed by atoms with Crippen molar-refractivity contribution in [3.05, 3.63) is 0 Å². The van der Waals surface area contributed by atoms with Crippen molar-refractivity contribution in [3.63, 3.8) is 0 Å². The Morgan fingerprint density at radius 2 is 1.64 bits per heavy atom. The lowest BCUT2D eigenvalue weighted by atomic mass is 10.2. The van der Waals surface area contributed by atoms with Crippen LogP contribution in [0.4, 0.5) is 0 Å². The molecule has 0 unspecified atom stereocenters. The molecule has 0 bridgehead atoms. The van der Waals surface area contributed by atoms with Crippen LogP contribution in [0.15, 0.2) is 0 Å². The zero-order valence-corrected chi connectivity index (χ0v) is 15.1. The molecule has 0 saturated heterocycles. The third-order valence-electron chi connectivity index (χ3n) is 3.59. The molecule has 9 nitrogen and oxygen atoms in total. The molecule has 0 aromatic heterocycles. The molecule has 0 atom stereocenters. The summed E-state index contributed by atoms with van der Waals surface area (Å²) < 4.78 is 0. The van der Waals surface area contributed by atoms with Crippen LogP contribution in [0, 0.1) is 0 Å². The van der Waals surface area contributed by atoms with E-state index < -0.39 is 11.8 Å². The average Bonchev–Trinajstić information content (AvgIpc) is 2.61. The maximum Gasteiger partial charge on any atom is 0.257 e. The molecule has 0 aliphatic heterocycles. The number of rotatable bonds is 15. The van der Waals surface area contributed by atoms with Crippen LogP contribution >= 0.6 is 0 Å². The minimum Gasteiger partial charge on any atom is -0.356 e. The summed E-state index contributed by atoms with van der Waals surface area (Å²) in [6.07, 6.45) is 5.33. The lowest BCUT2D eigenvalue weighted by molar-refractivity contribution is -0.166. The van der Waals surface area contributed by atoms with Gasteiger partial charge in [-0.05, 0) is 25.8 Å². The topological polar surface area (TPSA) is 131 Å². The lowest BCUT2D eigenvalue weighted by Gasteiger charge is -2.14. The van der Waals surface area contributed by atoms with E-state index in [0.29, 0.717) is 24.6 Å². The van der Waals surface area contributed by atoms with Crippen molar-refractivity contribution in [1.29, 1.82) is 0 Å². The summed E-state index contributed by atoms with van der Waals surface area (Å²) in [5.74, 6) is -1.13. The standard InChI is InChI=1S/C16H32N4O5/c1-2-3-5-11-18-14(21)8-9-16(23)20(25)12-7-4-6-10-17-13-15(22)19-24/h17,24-25H,2-13H2,1H3,(H,18,21)(H,19,22). The smallest absolute Gasteiger partial charge is 0.257 e. The Morgan fingerprint density at radius 1 is 0.920 bits per heavy atom. The predicted octanol–water partition coefficient (Wildman–Crippen LogP) is 0.556. The van der Waals surface area contributed by atoms with Gasteiger partial charge >= 0.3 is 0 Å². The van der Waals surface area contributed by atoms with Crippen molar-refractivity contribution in [2.45, 2.75) is 58.3 Å². The Morgan fingerprint density at radius 3 is 2.32 bits per heavy atom. The summed E-state index contributed by atoms with van der Waals surface area (Å²) in [4.78, 5) is 34.0. The molecule has 5 N–H and O–H groups in total. The first-order chi connectivity index (χ1) is 12.0. The number of nitrogens with zero attached hydrogens (tertiary/aromatic N) is 1. The van der Waals surface area contributed by atoms with Crippen molar-refractivity contribution >= 4 is 17.7 Å². The molecule has 0 spiro atoms. The van der Waals surface area contributed by atoms with Crippen molar-refractivity contribution in [1.82, 2.24) is 21.2 Å². The molecule has 146 valence electrons. The van der Waals surface area contributed by atoms with Crippen LogP contribution in [-0.2, 0) is 14.4 Å². The first kappa shape index (κ1) is 23.3. The highest BCUT2D eigenvalue weighted by Crippen LogP contribution is 2.01. The second-order valence-electron chi connectivity index (χ2n) is 5.85. The van der Waals surface area contributed by atoms with E-state index in [0.717, 1.165) is 32.1 Å². The number of carbonyl (C=O) groups is 3. The van der Waals surface area contributed by atoms with Gasteiger partial charge in [0.1, 0.15) is 0 Å². The van der Waals surface area contributed by atoms with E-state index in [-0.39, 0.29) is 31.8 Å². The van der Waals surface area contributed by atoms with E-state index in [1.54, 1.807) is 0 Å². The van der Waals surface area contributed by atoms with E-state index in [4.69, 9.17) is 5.21 Å². The summed E-state index contributed by atoms with van der Waals surface area (Å²) in [5.41, 5.74) is 1.52. The SMILES string of the molecule is CCCCCNC(=O)CCC(=O)N(O)CCCCCNCC(=O)NO. The van der Waals surface area contributed by atoms with Gasteiger partial charge in [0, 0.05) is 25.9 Å². The Balaban J connectivity index is 3.58. The summed E-state index contributed by atoms with van der Waals surface area (Å²) >= 11 is 0. The number of hydroxylamine groups is 3. The second kappa shape index (κ2) is 15.8. The molecule has 0 aliphatic carbocycles. The summed E-state index contributed by atoms with van der Waals surface area (Å²) in [5, 5.41) is 24.2. The summed E-state index contributed by atoms with van der Waals surface area (Å²) in [6.45, 7) is 3.57. The van der Waals surface area contributed by atoms with Gasteiger partial charge < -0.3 is 10.6 Å². The van der Waals surface area contributed by atoms with Crippen molar-refractivity contribution in [2.75, 3.05) is 26.2 Å². The molecule has 0 fully saturated rings. The van der Waals surface area contributed by atoms with E-state index in [2.05, 4.69) is 17.6 Å². The van der Waals surface area contributed by atoms with Gasteiger partial charge in [-0.25, -0.2) is 10.5 Å². The molecule has 0 radical (unpaired) electrons. The molecule has 3 amide bonds. The van der Waals surface area contributed by atoms with Crippen molar-refractivity contribution in [3.8, 4) is 0 Å². The van der Waals surface area contributed by atoms with Gasteiger partial charge in [0.15, 0.2) is 0 Å². The molecular weight excluding hydrogens is 328 g/mol. The number of carbonyl (C=O) groups excluding carboxylic acids is 3. The van der Waals surface area contributed by atoms with Crippen LogP contribution in [0.25, 0.3) is 0 Å². The minimum absolute atomic E-state index is 0.00601. The van der Waals surface area contributed by atoms with Gasteiger partial charge in [-0.1, -0.05) is 26.2 Å². The number of amides is 3. The molecule has 0 heterocycles. The Bertz CT molecular complexity index is 393. The van der Waals surface area contributed by atoms with Gasteiger partial charge in [0.25, 0.3) is 5.91 Å². The van der Waals surface area contributed by atoms with E-state index in [1.165, 1.54) is 5.48 Å².